The van der Waals surface area contributed by atoms with Crippen molar-refractivity contribution in [1.29, 1.82) is 0 Å². The molecule has 0 saturated carbocycles. The van der Waals surface area contributed by atoms with E-state index < -0.39 is 0 Å². The Kier molecular flexibility index (Phi) is 3.93. The van der Waals surface area contributed by atoms with Crippen molar-refractivity contribution in [1.82, 2.24) is 19.9 Å². The second-order valence-electron chi connectivity index (χ2n) is 4.70. The minimum Gasteiger partial charge on any atom is -0.393 e. The molecular weight excluding hydrogens is 234 g/mol. The molecule has 1 aliphatic rings. The van der Waals surface area contributed by atoms with E-state index in [1.54, 1.807) is 22.7 Å². The molecule has 100 valence electrons. The Morgan fingerprint density at radius 3 is 3.11 bits per heavy atom. The van der Waals surface area contributed by atoms with Crippen molar-refractivity contribution >= 4 is 5.91 Å². The number of likely N-dealkylation sites (tertiary alicyclic amines) is 1. The highest BCUT2D eigenvalue weighted by Crippen LogP contribution is 2.20. The molecule has 7 nitrogen and oxygen atoms in total. The van der Waals surface area contributed by atoms with Crippen LogP contribution in [0.25, 0.3) is 0 Å². The molecule has 2 unspecified atom stereocenters. The number of carbonyl (C=O) groups excluding carboxylic acids is 1. The van der Waals surface area contributed by atoms with Crippen LogP contribution in [0.5, 0.6) is 0 Å². The highest BCUT2D eigenvalue weighted by molar-refractivity contribution is 5.92. The summed E-state index contributed by atoms with van der Waals surface area (Å²) in [7, 11) is 0. The molecule has 1 fully saturated rings. The highest BCUT2D eigenvalue weighted by atomic mass is 16.3. The van der Waals surface area contributed by atoms with Crippen molar-refractivity contribution in [3.63, 3.8) is 0 Å². The van der Waals surface area contributed by atoms with Crippen LogP contribution in [-0.4, -0.2) is 56.6 Å². The maximum absolute atomic E-state index is 12.1. The van der Waals surface area contributed by atoms with Crippen molar-refractivity contribution in [2.75, 3.05) is 19.6 Å². The lowest BCUT2D eigenvalue weighted by atomic mass is 10.0. The van der Waals surface area contributed by atoms with Gasteiger partial charge in [-0.1, -0.05) is 5.21 Å². The topological polar surface area (TPSA) is 97.3 Å². The quantitative estimate of drug-likeness (QED) is 0.723. The predicted octanol–water partition coefficient (Wildman–Crippen LogP) is -0.920. The Morgan fingerprint density at radius 1 is 1.72 bits per heavy atom. The van der Waals surface area contributed by atoms with Crippen LogP contribution < -0.4 is 5.73 Å². The van der Waals surface area contributed by atoms with Gasteiger partial charge in [0.2, 0.25) is 0 Å². The van der Waals surface area contributed by atoms with Gasteiger partial charge in [-0.25, -0.2) is 0 Å². The minimum absolute atomic E-state index is 0.124. The molecule has 1 amide bonds. The third-order valence-corrected chi connectivity index (χ3v) is 3.31. The van der Waals surface area contributed by atoms with Crippen molar-refractivity contribution in [2.45, 2.75) is 26.0 Å². The molecule has 2 heterocycles. The fourth-order valence-corrected chi connectivity index (χ4v) is 2.17. The zero-order valence-electron chi connectivity index (χ0n) is 10.5. The van der Waals surface area contributed by atoms with Crippen LogP contribution in [0.4, 0.5) is 0 Å². The number of hydrogen-bond donors (Lipinski definition) is 2. The summed E-state index contributed by atoms with van der Waals surface area (Å²) in [4.78, 5) is 13.8. The van der Waals surface area contributed by atoms with Crippen LogP contribution in [0, 0.1) is 5.92 Å². The van der Waals surface area contributed by atoms with E-state index in [4.69, 9.17) is 5.73 Å². The molecule has 18 heavy (non-hydrogen) atoms. The predicted molar refractivity (Wildman–Crippen MR) is 64.8 cm³/mol. The summed E-state index contributed by atoms with van der Waals surface area (Å²) in [6, 6.07) is 0. The summed E-state index contributed by atoms with van der Waals surface area (Å²) < 4.78 is 1.56. The van der Waals surface area contributed by atoms with Crippen LogP contribution in [0.2, 0.25) is 0 Å². The molecule has 1 aliphatic heterocycles. The molecule has 0 aromatic carbocycles. The number of hydrogen-bond acceptors (Lipinski definition) is 5. The fourth-order valence-electron chi connectivity index (χ4n) is 2.17. The largest absolute Gasteiger partial charge is 0.393 e. The number of amides is 1. The number of rotatable bonds is 4. The molecule has 0 radical (unpaired) electrons. The maximum atomic E-state index is 12.1. The van der Waals surface area contributed by atoms with Crippen LogP contribution in [0.1, 0.15) is 23.8 Å². The SMILES string of the molecule is CC(O)C1CCN(C(=O)c2cn(CCN)nn2)C1. The van der Waals surface area contributed by atoms with Gasteiger partial charge in [0, 0.05) is 25.6 Å². The van der Waals surface area contributed by atoms with Crippen LogP contribution in [-0.2, 0) is 6.54 Å². The molecule has 2 rings (SSSR count). The first-order valence-corrected chi connectivity index (χ1v) is 6.19. The smallest absolute Gasteiger partial charge is 0.276 e. The van der Waals surface area contributed by atoms with E-state index in [-0.39, 0.29) is 17.9 Å². The van der Waals surface area contributed by atoms with Gasteiger partial charge in [-0.15, -0.1) is 5.10 Å². The van der Waals surface area contributed by atoms with Gasteiger partial charge in [0.1, 0.15) is 0 Å². The molecule has 0 spiro atoms. The first kappa shape index (κ1) is 13.0. The molecule has 3 N–H and O–H groups in total. The van der Waals surface area contributed by atoms with E-state index >= 15 is 0 Å². The second kappa shape index (κ2) is 5.45. The summed E-state index contributed by atoms with van der Waals surface area (Å²) in [6.07, 6.45) is 2.07. The summed E-state index contributed by atoms with van der Waals surface area (Å²) in [5.41, 5.74) is 5.75. The number of nitrogens with zero attached hydrogens (tertiary/aromatic N) is 4. The zero-order chi connectivity index (χ0) is 13.1. The highest BCUT2D eigenvalue weighted by Gasteiger charge is 2.30. The Hall–Kier alpha value is -1.47. The van der Waals surface area contributed by atoms with Gasteiger partial charge in [0.05, 0.1) is 18.8 Å². The third kappa shape index (κ3) is 2.68. The van der Waals surface area contributed by atoms with Crippen LogP contribution >= 0.6 is 0 Å². The van der Waals surface area contributed by atoms with E-state index in [0.29, 0.717) is 31.9 Å². The summed E-state index contributed by atoms with van der Waals surface area (Å²) in [5.74, 6) is 0.0365. The number of aliphatic hydroxyl groups is 1. The Labute approximate surface area is 106 Å². The van der Waals surface area contributed by atoms with E-state index in [0.717, 1.165) is 6.42 Å². The summed E-state index contributed by atoms with van der Waals surface area (Å²) in [6.45, 7) is 4.02. The molecule has 0 aliphatic carbocycles. The van der Waals surface area contributed by atoms with Crippen LogP contribution in [0.15, 0.2) is 6.20 Å². The number of nitrogens with two attached hydrogens (primary N) is 1. The number of aliphatic hydroxyl groups excluding tert-OH is 1. The van der Waals surface area contributed by atoms with E-state index in [1.165, 1.54) is 0 Å². The molecule has 1 aromatic heterocycles. The Balaban J connectivity index is 1.99. The third-order valence-electron chi connectivity index (χ3n) is 3.31. The van der Waals surface area contributed by atoms with E-state index in [9.17, 15) is 9.90 Å². The summed E-state index contributed by atoms with van der Waals surface area (Å²) in [5, 5.41) is 17.2. The Bertz CT molecular complexity index is 417. The molecule has 0 bridgehead atoms. The molecular formula is C11H19N5O2. The molecule has 1 saturated heterocycles. The van der Waals surface area contributed by atoms with Crippen LogP contribution in [0.3, 0.4) is 0 Å². The van der Waals surface area contributed by atoms with Gasteiger partial charge in [-0.2, -0.15) is 0 Å². The number of aromatic nitrogens is 3. The number of carbonyl (C=O) groups is 1. The molecule has 2 atom stereocenters. The second-order valence-corrected chi connectivity index (χ2v) is 4.70. The lowest BCUT2D eigenvalue weighted by Crippen LogP contribution is -2.30. The summed E-state index contributed by atoms with van der Waals surface area (Å²) >= 11 is 0. The van der Waals surface area contributed by atoms with Gasteiger partial charge < -0.3 is 15.7 Å². The van der Waals surface area contributed by atoms with Gasteiger partial charge in [-0.3, -0.25) is 9.48 Å². The van der Waals surface area contributed by atoms with Gasteiger partial charge >= 0.3 is 0 Å². The maximum Gasteiger partial charge on any atom is 0.276 e. The fraction of sp³-hybridized carbons (Fsp3) is 0.727. The standard InChI is InChI=1S/C11H19N5O2/c1-8(17)9-2-4-15(6-9)11(18)10-7-16(5-3-12)14-13-10/h7-9,17H,2-6,12H2,1H3. The normalized spacial score (nSPS) is 21.3. The van der Waals surface area contributed by atoms with Crippen molar-refractivity contribution in [3.8, 4) is 0 Å². The van der Waals surface area contributed by atoms with E-state index in [2.05, 4.69) is 10.3 Å². The molecule has 7 heteroatoms. The average Bonchev–Trinajstić information content (AvgIpc) is 2.97. The van der Waals surface area contributed by atoms with Crippen molar-refractivity contribution in [3.05, 3.63) is 11.9 Å². The van der Waals surface area contributed by atoms with Gasteiger partial charge in [-0.05, 0) is 13.3 Å². The van der Waals surface area contributed by atoms with Crippen molar-refractivity contribution < 1.29 is 9.90 Å². The first-order chi connectivity index (χ1) is 8.61. The molecule has 1 aromatic rings. The minimum atomic E-state index is -0.379. The average molecular weight is 253 g/mol. The van der Waals surface area contributed by atoms with Crippen molar-refractivity contribution in [2.24, 2.45) is 11.7 Å². The zero-order valence-corrected chi connectivity index (χ0v) is 10.5. The van der Waals surface area contributed by atoms with Gasteiger partial charge in [0.15, 0.2) is 5.69 Å². The van der Waals surface area contributed by atoms with Gasteiger partial charge in [0.25, 0.3) is 5.91 Å². The monoisotopic (exact) mass is 253 g/mol. The first-order valence-electron chi connectivity index (χ1n) is 6.19. The Morgan fingerprint density at radius 2 is 2.50 bits per heavy atom. The lowest BCUT2D eigenvalue weighted by Gasteiger charge is -2.16. The van der Waals surface area contributed by atoms with E-state index in [1.807, 2.05) is 0 Å². The lowest BCUT2D eigenvalue weighted by molar-refractivity contribution is 0.0756.